The lowest BCUT2D eigenvalue weighted by molar-refractivity contribution is -0.155. The molecular weight excluding hydrogens is 428 g/mol. The molecule has 7 nitrogen and oxygen atoms in total. The number of amides is 1. The number of aliphatic imine (C=N–C) groups is 1. The Morgan fingerprint density at radius 2 is 1.56 bits per heavy atom. The number of anilines is 1. The number of ether oxygens (including phenoxy) is 1. The number of carbonyl (C=O) groups is 2. The molecule has 0 aliphatic heterocycles. The first-order chi connectivity index (χ1) is 16.1. The van der Waals surface area contributed by atoms with Gasteiger partial charge in [-0.3, -0.25) is 9.59 Å². The molecule has 0 heterocycles. The predicted octanol–water partition coefficient (Wildman–Crippen LogP) is 4.71. The van der Waals surface area contributed by atoms with E-state index in [1.54, 1.807) is 24.3 Å². The highest BCUT2D eigenvalue weighted by Gasteiger charge is 2.23. The zero-order valence-corrected chi connectivity index (χ0v) is 19.6. The molecule has 0 bridgehead atoms. The van der Waals surface area contributed by atoms with Crippen LogP contribution in [-0.4, -0.2) is 23.4 Å². The molecule has 0 saturated heterocycles. The van der Waals surface area contributed by atoms with E-state index in [9.17, 15) is 9.59 Å². The SMILES string of the molecule is CC(C)(C)OC(=O)CC(c1ccccc1)c1ccc(NC(=O)c2cccc(N=C(N)N)c2)cc1. The van der Waals surface area contributed by atoms with Crippen molar-refractivity contribution in [3.05, 3.63) is 95.6 Å². The molecule has 1 atom stereocenters. The van der Waals surface area contributed by atoms with Crippen molar-refractivity contribution >= 4 is 29.2 Å². The molecule has 1 amide bonds. The lowest BCUT2D eigenvalue weighted by Crippen LogP contribution is -2.25. The third-order valence-corrected chi connectivity index (χ3v) is 4.93. The molecule has 7 heteroatoms. The summed E-state index contributed by atoms with van der Waals surface area (Å²) in [6, 6.07) is 24.0. The first-order valence-corrected chi connectivity index (χ1v) is 11.0. The molecule has 5 N–H and O–H groups in total. The number of benzene rings is 3. The van der Waals surface area contributed by atoms with E-state index in [1.165, 1.54) is 0 Å². The van der Waals surface area contributed by atoms with Gasteiger partial charge >= 0.3 is 5.97 Å². The molecule has 0 spiro atoms. The molecular formula is C27H30N4O3. The summed E-state index contributed by atoms with van der Waals surface area (Å²) in [5, 5.41) is 2.87. The number of nitrogens with zero attached hydrogens (tertiary/aromatic N) is 1. The van der Waals surface area contributed by atoms with Gasteiger partial charge in [0.05, 0.1) is 12.1 Å². The van der Waals surface area contributed by atoms with Crippen LogP contribution in [0.2, 0.25) is 0 Å². The Morgan fingerprint density at radius 1 is 0.912 bits per heavy atom. The minimum atomic E-state index is -0.551. The second kappa shape index (κ2) is 10.7. The molecule has 0 aliphatic carbocycles. The Kier molecular flexibility index (Phi) is 7.68. The van der Waals surface area contributed by atoms with Crippen molar-refractivity contribution in [3.63, 3.8) is 0 Å². The van der Waals surface area contributed by atoms with Crippen molar-refractivity contribution in [1.82, 2.24) is 0 Å². The molecule has 0 fully saturated rings. The van der Waals surface area contributed by atoms with Gasteiger partial charge in [0.2, 0.25) is 0 Å². The average Bonchev–Trinajstić information content (AvgIpc) is 2.77. The lowest BCUT2D eigenvalue weighted by Gasteiger charge is -2.23. The van der Waals surface area contributed by atoms with Crippen LogP contribution in [0, 0.1) is 0 Å². The fourth-order valence-electron chi connectivity index (χ4n) is 3.53. The number of hydrogen-bond donors (Lipinski definition) is 3. The van der Waals surface area contributed by atoms with Gasteiger partial charge < -0.3 is 21.5 Å². The van der Waals surface area contributed by atoms with Crippen molar-refractivity contribution < 1.29 is 14.3 Å². The van der Waals surface area contributed by atoms with Crippen LogP contribution in [-0.2, 0) is 9.53 Å². The van der Waals surface area contributed by atoms with Crippen molar-refractivity contribution in [1.29, 1.82) is 0 Å². The highest BCUT2D eigenvalue weighted by atomic mass is 16.6. The lowest BCUT2D eigenvalue weighted by atomic mass is 9.88. The number of nitrogens with two attached hydrogens (primary N) is 2. The summed E-state index contributed by atoms with van der Waals surface area (Å²) in [5.41, 5.74) is 13.8. The number of nitrogens with one attached hydrogen (secondary N) is 1. The molecule has 0 aromatic heterocycles. The Morgan fingerprint density at radius 3 is 2.18 bits per heavy atom. The molecule has 3 aromatic rings. The molecule has 0 saturated carbocycles. The summed E-state index contributed by atoms with van der Waals surface area (Å²) in [4.78, 5) is 29.2. The Labute approximate surface area is 199 Å². The molecule has 0 radical (unpaired) electrons. The summed E-state index contributed by atoms with van der Waals surface area (Å²) in [6.45, 7) is 5.56. The monoisotopic (exact) mass is 458 g/mol. The molecule has 3 rings (SSSR count). The molecule has 0 aliphatic rings. The highest BCUT2D eigenvalue weighted by molar-refractivity contribution is 6.04. The molecule has 176 valence electrons. The van der Waals surface area contributed by atoms with Crippen molar-refractivity contribution in [2.24, 2.45) is 16.5 Å². The van der Waals surface area contributed by atoms with Gasteiger partial charge in [0.1, 0.15) is 5.60 Å². The first kappa shape index (κ1) is 24.5. The third-order valence-electron chi connectivity index (χ3n) is 4.93. The minimum absolute atomic E-state index is 0.0764. The van der Waals surface area contributed by atoms with Gasteiger partial charge in [0, 0.05) is 17.2 Å². The van der Waals surface area contributed by atoms with Crippen LogP contribution in [0.4, 0.5) is 11.4 Å². The number of carbonyl (C=O) groups excluding carboxylic acids is 2. The van der Waals surface area contributed by atoms with Crippen molar-refractivity contribution in [2.75, 3.05) is 5.32 Å². The zero-order chi connectivity index (χ0) is 24.7. The molecule has 3 aromatic carbocycles. The van der Waals surface area contributed by atoms with Crippen LogP contribution in [0.5, 0.6) is 0 Å². The van der Waals surface area contributed by atoms with Crippen LogP contribution in [0.1, 0.15) is 54.6 Å². The maximum atomic E-state index is 12.7. The van der Waals surface area contributed by atoms with Crippen molar-refractivity contribution in [3.8, 4) is 0 Å². The second-order valence-corrected chi connectivity index (χ2v) is 8.92. The fraction of sp³-hybridized carbons (Fsp3) is 0.222. The summed E-state index contributed by atoms with van der Waals surface area (Å²) in [7, 11) is 0. The van der Waals surface area contributed by atoms with Gasteiger partial charge in [-0.1, -0.05) is 48.5 Å². The van der Waals surface area contributed by atoms with E-state index in [1.807, 2.05) is 75.4 Å². The number of guanidine groups is 1. The normalized spacial score (nSPS) is 11.9. The van der Waals surface area contributed by atoms with Gasteiger partial charge in [0.25, 0.3) is 5.91 Å². The van der Waals surface area contributed by atoms with E-state index in [0.29, 0.717) is 16.9 Å². The fourth-order valence-corrected chi connectivity index (χ4v) is 3.53. The number of esters is 1. The van der Waals surface area contributed by atoms with Gasteiger partial charge in [-0.25, -0.2) is 4.99 Å². The standard InChI is InChI=1S/C27H30N4O3/c1-27(2,3)34-24(32)17-23(18-8-5-4-6-9-18)19-12-14-21(15-13-19)30-25(33)20-10-7-11-22(16-20)31-26(28)29/h4-16,23H,17H2,1-3H3,(H,30,33)(H4,28,29,31). The quantitative estimate of drug-likeness (QED) is 0.269. The zero-order valence-electron chi connectivity index (χ0n) is 19.6. The van der Waals surface area contributed by atoms with Crippen molar-refractivity contribution in [2.45, 2.75) is 38.7 Å². The topological polar surface area (TPSA) is 120 Å². The van der Waals surface area contributed by atoms with Crippen LogP contribution in [0.3, 0.4) is 0 Å². The number of rotatable bonds is 7. The maximum absolute atomic E-state index is 12.7. The van der Waals surface area contributed by atoms with E-state index in [-0.39, 0.29) is 30.2 Å². The van der Waals surface area contributed by atoms with Gasteiger partial charge in [-0.15, -0.1) is 0 Å². The number of hydrogen-bond acceptors (Lipinski definition) is 4. The van der Waals surface area contributed by atoms with Crippen LogP contribution < -0.4 is 16.8 Å². The highest BCUT2D eigenvalue weighted by Crippen LogP contribution is 2.30. The second-order valence-electron chi connectivity index (χ2n) is 8.92. The summed E-state index contributed by atoms with van der Waals surface area (Å²) < 4.78 is 5.55. The van der Waals surface area contributed by atoms with Gasteiger partial charge in [-0.05, 0) is 62.2 Å². The molecule has 1 unspecified atom stereocenters. The van der Waals surface area contributed by atoms with E-state index in [0.717, 1.165) is 11.1 Å². The third kappa shape index (κ3) is 7.20. The molecule has 34 heavy (non-hydrogen) atoms. The minimum Gasteiger partial charge on any atom is -0.460 e. The summed E-state index contributed by atoms with van der Waals surface area (Å²) in [5.74, 6) is -0.794. The maximum Gasteiger partial charge on any atom is 0.307 e. The Balaban J connectivity index is 1.78. The smallest absolute Gasteiger partial charge is 0.307 e. The van der Waals surface area contributed by atoms with Crippen LogP contribution >= 0.6 is 0 Å². The van der Waals surface area contributed by atoms with Crippen LogP contribution in [0.25, 0.3) is 0 Å². The average molecular weight is 459 g/mol. The largest absolute Gasteiger partial charge is 0.460 e. The van der Waals surface area contributed by atoms with E-state index in [2.05, 4.69) is 10.3 Å². The van der Waals surface area contributed by atoms with Gasteiger partial charge in [0.15, 0.2) is 5.96 Å². The van der Waals surface area contributed by atoms with E-state index < -0.39 is 5.60 Å². The first-order valence-electron chi connectivity index (χ1n) is 11.0. The Bertz CT molecular complexity index is 1160. The summed E-state index contributed by atoms with van der Waals surface area (Å²) >= 11 is 0. The van der Waals surface area contributed by atoms with E-state index >= 15 is 0 Å². The predicted molar refractivity (Wildman–Crippen MR) is 135 cm³/mol. The van der Waals surface area contributed by atoms with Gasteiger partial charge in [-0.2, -0.15) is 0 Å². The van der Waals surface area contributed by atoms with Crippen LogP contribution in [0.15, 0.2) is 83.9 Å². The summed E-state index contributed by atoms with van der Waals surface area (Å²) in [6.07, 6.45) is 0.213. The van der Waals surface area contributed by atoms with E-state index in [4.69, 9.17) is 16.2 Å². The Hall–Kier alpha value is -4.13.